The lowest BCUT2D eigenvalue weighted by atomic mass is 10.2. The highest BCUT2D eigenvalue weighted by Gasteiger charge is 2.05. The first kappa shape index (κ1) is 13.6. The number of rotatable bonds is 5. The number of nitrogens with one attached hydrogen (secondary N) is 1. The van der Waals surface area contributed by atoms with Crippen molar-refractivity contribution in [2.45, 2.75) is 13.5 Å². The maximum atomic E-state index is 5.99. The summed E-state index contributed by atoms with van der Waals surface area (Å²) in [5, 5.41) is 3.93. The van der Waals surface area contributed by atoms with E-state index in [4.69, 9.17) is 11.6 Å². The van der Waals surface area contributed by atoms with E-state index in [-0.39, 0.29) is 0 Å². The Morgan fingerprint density at radius 2 is 2.11 bits per heavy atom. The second kappa shape index (κ2) is 6.38. The lowest BCUT2D eigenvalue weighted by Crippen LogP contribution is -2.18. The zero-order valence-electron chi connectivity index (χ0n) is 11.1. The highest BCUT2D eigenvalue weighted by molar-refractivity contribution is 6.30. The molecule has 100 valence electrons. The number of halogens is 1. The van der Waals surface area contributed by atoms with Gasteiger partial charge < -0.3 is 10.2 Å². The highest BCUT2D eigenvalue weighted by Crippen LogP contribution is 2.17. The number of aromatic nitrogens is 2. The topological polar surface area (TPSA) is 41.0 Å². The van der Waals surface area contributed by atoms with E-state index in [9.17, 15) is 0 Å². The highest BCUT2D eigenvalue weighted by atomic mass is 35.5. The molecule has 0 saturated heterocycles. The molecule has 1 heterocycles. The van der Waals surface area contributed by atoms with Gasteiger partial charge in [0.15, 0.2) is 0 Å². The van der Waals surface area contributed by atoms with Gasteiger partial charge in [0.25, 0.3) is 0 Å². The minimum absolute atomic E-state index is 0.752. The number of anilines is 2. The summed E-state index contributed by atoms with van der Waals surface area (Å²) in [4.78, 5) is 10.5. The predicted molar refractivity (Wildman–Crippen MR) is 79.8 cm³/mol. The van der Waals surface area contributed by atoms with Gasteiger partial charge in [0, 0.05) is 31.2 Å². The summed E-state index contributed by atoms with van der Waals surface area (Å²) in [7, 11) is 2.00. The summed E-state index contributed by atoms with van der Waals surface area (Å²) in [6.45, 7) is 3.63. The first-order valence-electron chi connectivity index (χ1n) is 6.20. The van der Waals surface area contributed by atoms with E-state index in [1.165, 1.54) is 0 Å². The first-order chi connectivity index (χ1) is 9.19. The maximum absolute atomic E-state index is 5.99. The fourth-order valence-corrected chi connectivity index (χ4v) is 2.04. The normalized spacial score (nSPS) is 10.3. The average molecular weight is 277 g/mol. The van der Waals surface area contributed by atoms with Gasteiger partial charge in [-0.25, -0.2) is 9.97 Å². The second-order valence-electron chi connectivity index (χ2n) is 4.28. The van der Waals surface area contributed by atoms with Crippen molar-refractivity contribution >= 4 is 23.2 Å². The van der Waals surface area contributed by atoms with Crippen LogP contribution in [0.15, 0.2) is 36.7 Å². The van der Waals surface area contributed by atoms with Gasteiger partial charge in [-0.1, -0.05) is 23.7 Å². The molecule has 5 heteroatoms. The number of hydrogen-bond donors (Lipinski definition) is 1. The number of nitrogens with zero attached hydrogens (tertiary/aromatic N) is 3. The molecule has 0 fully saturated rings. The van der Waals surface area contributed by atoms with Crippen LogP contribution in [0.25, 0.3) is 0 Å². The molecular weight excluding hydrogens is 260 g/mol. The van der Waals surface area contributed by atoms with E-state index in [2.05, 4.69) is 26.3 Å². The predicted octanol–water partition coefficient (Wildman–Crippen LogP) is 3.20. The number of hydrogen-bond acceptors (Lipinski definition) is 4. The average Bonchev–Trinajstić information content (AvgIpc) is 2.39. The van der Waals surface area contributed by atoms with E-state index in [0.29, 0.717) is 0 Å². The van der Waals surface area contributed by atoms with Gasteiger partial charge >= 0.3 is 0 Å². The smallest absolute Gasteiger partial charge is 0.134 e. The van der Waals surface area contributed by atoms with Gasteiger partial charge in [0.2, 0.25) is 0 Å². The van der Waals surface area contributed by atoms with E-state index in [1.807, 2.05) is 38.2 Å². The SMILES string of the molecule is CCNc1cc(N(C)Cc2cccc(Cl)c2)ncn1. The molecule has 2 aromatic rings. The molecule has 0 aliphatic carbocycles. The van der Waals surface area contributed by atoms with E-state index >= 15 is 0 Å². The molecule has 1 N–H and O–H groups in total. The van der Waals surface area contributed by atoms with Crippen molar-refractivity contribution < 1.29 is 0 Å². The van der Waals surface area contributed by atoms with Crippen LogP contribution in [0, 0.1) is 0 Å². The molecule has 0 bridgehead atoms. The van der Waals surface area contributed by atoms with Gasteiger partial charge in [0.1, 0.15) is 18.0 Å². The van der Waals surface area contributed by atoms with Crippen LogP contribution in [0.1, 0.15) is 12.5 Å². The van der Waals surface area contributed by atoms with Crippen molar-refractivity contribution in [1.29, 1.82) is 0 Å². The Balaban J connectivity index is 2.11. The van der Waals surface area contributed by atoms with Crippen LogP contribution >= 0.6 is 11.6 Å². The molecule has 0 saturated carbocycles. The quantitative estimate of drug-likeness (QED) is 0.911. The molecule has 1 aromatic heterocycles. The van der Waals surface area contributed by atoms with Crippen molar-refractivity contribution in [3.8, 4) is 0 Å². The number of benzene rings is 1. The Hall–Kier alpha value is -1.81. The minimum Gasteiger partial charge on any atom is -0.370 e. The first-order valence-corrected chi connectivity index (χ1v) is 6.58. The standard InChI is InChI=1S/C14H17ClN4/c1-3-16-13-8-14(18-10-17-13)19(2)9-11-5-4-6-12(15)7-11/h4-8,10H,3,9H2,1-2H3,(H,16,17,18). The molecule has 2 rings (SSSR count). The summed E-state index contributed by atoms with van der Waals surface area (Å²) in [6.07, 6.45) is 1.57. The van der Waals surface area contributed by atoms with Crippen molar-refractivity contribution in [3.63, 3.8) is 0 Å². The molecule has 19 heavy (non-hydrogen) atoms. The van der Waals surface area contributed by atoms with Crippen LogP contribution < -0.4 is 10.2 Å². The third-order valence-electron chi connectivity index (χ3n) is 2.71. The van der Waals surface area contributed by atoms with Crippen molar-refractivity contribution in [3.05, 3.63) is 47.2 Å². The molecule has 0 amide bonds. The summed E-state index contributed by atoms with van der Waals surface area (Å²) in [6, 6.07) is 9.78. The molecule has 0 radical (unpaired) electrons. The van der Waals surface area contributed by atoms with Crippen molar-refractivity contribution in [2.24, 2.45) is 0 Å². The third kappa shape index (κ3) is 3.83. The fourth-order valence-electron chi connectivity index (χ4n) is 1.82. The summed E-state index contributed by atoms with van der Waals surface area (Å²) < 4.78 is 0. The van der Waals surface area contributed by atoms with Gasteiger partial charge in [-0.05, 0) is 24.6 Å². The monoisotopic (exact) mass is 276 g/mol. The summed E-state index contributed by atoms with van der Waals surface area (Å²) >= 11 is 5.99. The van der Waals surface area contributed by atoms with Crippen LogP contribution in [0.2, 0.25) is 5.02 Å². The van der Waals surface area contributed by atoms with Crippen molar-refractivity contribution in [1.82, 2.24) is 9.97 Å². The molecular formula is C14H17ClN4. The van der Waals surface area contributed by atoms with Crippen LogP contribution in [0.4, 0.5) is 11.6 Å². The zero-order valence-corrected chi connectivity index (χ0v) is 11.9. The Bertz CT molecular complexity index is 544. The van der Waals surface area contributed by atoms with Crippen LogP contribution in [0.3, 0.4) is 0 Å². The lowest BCUT2D eigenvalue weighted by molar-refractivity contribution is 0.890. The molecule has 0 unspecified atom stereocenters. The molecule has 0 atom stereocenters. The van der Waals surface area contributed by atoms with E-state index in [1.54, 1.807) is 6.33 Å². The zero-order chi connectivity index (χ0) is 13.7. The van der Waals surface area contributed by atoms with E-state index < -0.39 is 0 Å². The molecule has 4 nitrogen and oxygen atoms in total. The van der Waals surface area contributed by atoms with Crippen LogP contribution in [-0.4, -0.2) is 23.6 Å². The Morgan fingerprint density at radius 3 is 2.84 bits per heavy atom. The van der Waals surface area contributed by atoms with Gasteiger partial charge in [-0.2, -0.15) is 0 Å². The fraction of sp³-hybridized carbons (Fsp3) is 0.286. The minimum atomic E-state index is 0.752. The molecule has 0 aliphatic heterocycles. The molecule has 0 spiro atoms. The van der Waals surface area contributed by atoms with Crippen LogP contribution in [-0.2, 0) is 6.54 Å². The van der Waals surface area contributed by atoms with Crippen LogP contribution in [0.5, 0.6) is 0 Å². The van der Waals surface area contributed by atoms with Crippen molar-refractivity contribution in [2.75, 3.05) is 23.8 Å². The molecule has 1 aromatic carbocycles. The second-order valence-corrected chi connectivity index (χ2v) is 4.71. The maximum Gasteiger partial charge on any atom is 0.134 e. The Morgan fingerprint density at radius 1 is 1.26 bits per heavy atom. The lowest BCUT2D eigenvalue weighted by Gasteiger charge is -2.18. The van der Waals surface area contributed by atoms with Gasteiger partial charge in [-0.3, -0.25) is 0 Å². The summed E-state index contributed by atoms with van der Waals surface area (Å²) in [5.74, 6) is 1.72. The summed E-state index contributed by atoms with van der Waals surface area (Å²) in [5.41, 5.74) is 1.15. The van der Waals surface area contributed by atoms with Gasteiger partial charge in [-0.15, -0.1) is 0 Å². The largest absolute Gasteiger partial charge is 0.370 e. The molecule has 0 aliphatic rings. The van der Waals surface area contributed by atoms with Gasteiger partial charge in [0.05, 0.1) is 0 Å². The van der Waals surface area contributed by atoms with E-state index in [0.717, 1.165) is 35.3 Å². The Kier molecular flexibility index (Phi) is 4.58. The third-order valence-corrected chi connectivity index (χ3v) is 2.95. The Labute approximate surface area is 118 Å².